The van der Waals surface area contributed by atoms with Crippen molar-refractivity contribution in [3.05, 3.63) is 82.9 Å². The van der Waals surface area contributed by atoms with Gasteiger partial charge in [0.2, 0.25) is 10.0 Å². The van der Waals surface area contributed by atoms with Crippen LogP contribution >= 0.6 is 0 Å². The summed E-state index contributed by atoms with van der Waals surface area (Å²) in [5, 5.41) is 4.50. The van der Waals surface area contributed by atoms with E-state index in [1.807, 2.05) is 48.9 Å². The van der Waals surface area contributed by atoms with Crippen molar-refractivity contribution in [3.63, 3.8) is 0 Å². The fourth-order valence-electron chi connectivity index (χ4n) is 2.81. The van der Waals surface area contributed by atoms with E-state index in [1.54, 1.807) is 0 Å². The van der Waals surface area contributed by atoms with E-state index in [0.717, 1.165) is 28.6 Å². The van der Waals surface area contributed by atoms with E-state index in [2.05, 4.69) is 9.82 Å². The zero-order valence-electron chi connectivity index (χ0n) is 14.6. The first-order valence-electron chi connectivity index (χ1n) is 8.19. The Labute approximate surface area is 152 Å². The van der Waals surface area contributed by atoms with Gasteiger partial charge < -0.3 is 0 Å². The largest absolute Gasteiger partial charge is 0.265 e. The second kappa shape index (κ2) is 7.39. The van der Waals surface area contributed by atoms with Gasteiger partial charge in [0.15, 0.2) is 0 Å². The minimum Gasteiger partial charge on any atom is -0.265 e. The Morgan fingerprint density at radius 3 is 2.38 bits per heavy atom. The van der Waals surface area contributed by atoms with E-state index in [0.29, 0.717) is 6.54 Å². The first-order valence-corrected chi connectivity index (χ1v) is 9.68. The number of aryl methyl sites for hydroxylation is 1. The second-order valence-corrected chi connectivity index (χ2v) is 7.78. The summed E-state index contributed by atoms with van der Waals surface area (Å²) in [4.78, 5) is -0.355. The van der Waals surface area contributed by atoms with Gasteiger partial charge in [0.05, 0.1) is 12.2 Å². The lowest BCUT2D eigenvalue weighted by Crippen LogP contribution is -2.24. The van der Waals surface area contributed by atoms with Gasteiger partial charge in [-0.05, 0) is 31.5 Å². The van der Waals surface area contributed by atoms with Gasteiger partial charge in [-0.1, -0.05) is 42.5 Å². The van der Waals surface area contributed by atoms with Crippen LogP contribution in [0, 0.1) is 19.7 Å². The number of hydrogen-bond acceptors (Lipinski definition) is 3. The van der Waals surface area contributed by atoms with Gasteiger partial charge in [0.25, 0.3) is 0 Å². The van der Waals surface area contributed by atoms with Crippen LogP contribution in [-0.2, 0) is 23.1 Å². The van der Waals surface area contributed by atoms with Crippen molar-refractivity contribution in [1.29, 1.82) is 0 Å². The third kappa shape index (κ3) is 3.84. The Balaban J connectivity index is 1.80. The molecule has 0 aliphatic rings. The van der Waals surface area contributed by atoms with Gasteiger partial charge >= 0.3 is 0 Å². The van der Waals surface area contributed by atoms with Crippen molar-refractivity contribution in [2.45, 2.75) is 31.8 Å². The lowest BCUT2D eigenvalue weighted by molar-refractivity contribution is 0.556. The molecular weight excluding hydrogens is 353 g/mol. The molecule has 0 aliphatic carbocycles. The number of nitrogens with one attached hydrogen (secondary N) is 1. The highest BCUT2D eigenvalue weighted by atomic mass is 32.2. The van der Waals surface area contributed by atoms with E-state index in [9.17, 15) is 12.8 Å². The lowest BCUT2D eigenvalue weighted by atomic mass is 10.2. The third-order valence-electron chi connectivity index (χ3n) is 4.27. The van der Waals surface area contributed by atoms with Crippen LogP contribution in [0.5, 0.6) is 0 Å². The minimum atomic E-state index is -3.93. The predicted molar refractivity (Wildman–Crippen MR) is 97.7 cm³/mol. The molecule has 0 bridgehead atoms. The molecule has 26 heavy (non-hydrogen) atoms. The molecule has 0 unspecified atom stereocenters. The topological polar surface area (TPSA) is 64.0 Å². The molecule has 3 rings (SSSR count). The molecule has 1 aromatic heterocycles. The van der Waals surface area contributed by atoms with E-state index in [4.69, 9.17) is 0 Å². The Morgan fingerprint density at radius 1 is 1.04 bits per heavy atom. The first kappa shape index (κ1) is 18.3. The molecule has 1 N–H and O–H groups in total. The molecular formula is C19H20FN3O2S. The molecule has 0 saturated heterocycles. The summed E-state index contributed by atoms with van der Waals surface area (Å²) in [6, 6.07) is 15.2. The molecule has 3 aromatic rings. The molecule has 0 amide bonds. The summed E-state index contributed by atoms with van der Waals surface area (Å²) in [5.74, 6) is -0.770. The summed E-state index contributed by atoms with van der Waals surface area (Å²) >= 11 is 0. The Bertz CT molecular complexity index is 1010. The maximum absolute atomic E-state index is 13.8. The van der Waals surface area contributed by atoms with E-state index in [-0.39, 0.29) is 11.4 Å². The number of sulfonamides is 1. The lowest BCUT2D eigenvalue weighted by Gasteiger charge is -2.09. The number of benzene rings is 2. The standard InChI is InChI=1S/C19H20FN3O2S/c1-14-17(12-21-26(24,25)19-11-7-6-10-18(19)20)15(2)23(22-14)13-16-8-4-3-5-9-16/h3-11,21H,12-13H2,1-2H3. The van der Waals surface area contributed by atoms with Crippen LogP contribution in [0.25, 0.3) is 0 Å². The van der Waals surface area contributed by atoms with Crippen molar-refractivity contribution >= 4 is 10.0 Å². The number of halogens is 1. The fourth-order valence-corrected chi connectivity index (χ4v) is 3.88. The molecule has 5 nitrogen and oxygen atoms in total. The summed E-state index contributed by atoms with van der Waals surface area (Å²) in [7, 11) is -3.93. The van der Waals surface area contributed by atoms with Gasteiger partial charge in [-0.3, -0.25) is 4.68 Å². The maximum atomic E-state index is 13.8. The molecule has 0 radical (unpaired) electrons. The normalized spacial score (nSPS) is 11.7. The molecule has 136 valence electrons. The highest BCUT2D eigenvalue weighted by Crippen LogP contribution is 2.17. The van der Waals surface area contributed by atoms with Gasteiger partial charge in [-0.2, -0.15) is 5.10 Å². The van der Waals surface area contributed by atoms with Crippen molar-refractivity contribution in [2.75, 3.05) is 0 Å². The summed E-state index contributed by atoms with van der Waals surface area (Å²) in [6.45, 7) is 4.40. The van der Waals surface area contributed by atoms with Gasteiger partial charge in [-0.15, -0.1) is 0 Å². The smallest absolute Gasteiger partial charge is 0.243 e. The number of nitrogens with zero attached hydrogens (tertiary/aromatic N) is 2. The number of hydrogen-bond donors (Lipinski definition) is 1. The van der Waals surface area contributed by atoms with Crippen LogP contribution in [0.15, 0.2) is 59.5 Å². The van der Waals surface area contributed by atoms with Crippen LogP contribution in [0.2, 0.25) is 0 Å². The predicted octanol–water partition coefficient (Wildman–Crippen LogP) is 3.17. The van der Waals surface area contributed by atoms with Crippen LogP contribution in [0.1, 0.15) is 22.5 Å². The monoisotopic (exact) mass is 373 g/mol. The molecule has 7 heteroatoms. The second-order valence-electron chi connectivity index (χ2n) is 6.05. The van der Waals surface area contributed by atoms with Crippen LogP contribution in [0.3, 0.4) is 0 Å². The minimum absolute atomic E-state index is 0.0587. The fraction of sp³-hybridized carbons (Fsp3) is 0.211. The molecule has 1 heterocycles. The summed E-state index contributed by atoms with van der Waals surface area (Å²) < 4.78 is 42.8. The molecule has 0 spiro atoms. The van der Waals surface area contributed by atoms with Gasteiger partial charge in [0, 0.05) is 17.8 Å². The Hall–Kier alpha value is -2.51. The number of rotatable bonds is 6. The SMILES string of the molecule is Cc1nn(Cc2ccccc2)c(C)c1CNS(=O)(=O)c1ccccc1F. The van der Waals surface area contributed by atoms with E-state index in [1.165, 1.54) is 18.2 Å². The van der Waals surface area contributed by atoms with Crippen molar-refractivity contribution in [2.24, 2.45) is 0 Å². The zero-order valence-corrected chi connectivity index (χ0v) is 15.4. The Morgan fingerprint density at radius 2 is 1.69 bits per heavy atom. The molecule has 0 aliphatic heterocycles. The van der Waals surface area contributed by atoms with E-state index >= 15 is 0 Å². The zero-order chi connectivity index (χ0) is 18.7. The first-order chi connectivity index (χ1) is 12.4. The maximum Gasteiger partial charge on any atom is 0.243 e. The van der Waals surface area contributed by atoms with E-state index < -0.39 is 15.8 Å². The average Bonchev–Trinajstić information content (AvgIpc) is 2.88. The van der Waals surface area contributed by atoms with Crippen LogP contribution in [0.4, 0.5) is 4.39 Å². The third-order valence-corrected chi connectivity index (χ3v) is 5.71. The quantitative estimate of drug-likeness (QED) is 0.722. The molecule has 0 fully saturated rings. The van der Waals surface area contributed by atoms with Crippen molar-refractivity contribution in [3.8, 4) is 0 Å². The molecule has 0 atom stereocenters. The number of aromatic nitrogens is 2. The van der Waals surface area contributed by atoms with Crippen molar-refractivity contribution < 1.29 is 12.8 Å². The van der Waals surface area contributed by atoms with Gasteiger partial charge in [0.1, 0.15) is 10.7 Å². The average molecular weight is 373 g/mol. The van der Waals surface area contributed by atoms with Crippen LogP contribution < -0.4 is 4.72 Å². The molecule has 0 saturated carbocycles. The van der Waals surface area contributed by atoms with Crippen molar-refractivity contribution in [1.82, 2.24) is 14.5 Å². The van der Waals surface area contributed by atoms with Crippen LogP contribution in [-0.4, -0.2) is 18.2 Å². The molecule has 2 aromatic carbocycles. The van der Waals surface area contributed by atoms with Gasteiger partial charge in [-0.25, -0.2) is 17.5 Å². The Kier molecular flexibility index (Phi) is 5.20. The highest BCUT2D eigenvalue weighted by molar-refractivity contribution is 7.89. The summed E-state index contributed by atoms with van der Waals surface area (Å²) in [5.41, 5.74) is 3.52. The highest BCUT2D eigenvalue weighted by Gasteiger charge is 2.20. The summed E-state index contributed by atoms with van der Waals surface area (Å²) in [6.07, 6.45) is 0.